The predicted octanol–water partition coefficient (Wildman–Crippen LogP) is 2.66. The van der Waals surface area contributed by atoms with Gasteiger partial charge in [-0.25, -0.2) is 4.79 Å². The first-order valence-corrected chi connectivity index (χ1v) is 10.2. The lowest BCUT2D eigenvalue weighted by Crippen LogP contribution is -2.54. The van der Waals surface area contributed by atoms with Crippen molar-refractivity contribution < 1.29 is 14.7 Å². The molecule has 7 nitrogen and oxygen atoms in total. The van der Waals surface area contributed by atoms with Gasteiger partial charge < -0.3 is 25.5 Å². The van der Waals surface area contributed by atoms with E-state index in [0.29, 0.717) is 25.6 Å². The molecule has 28 heavy (non-hydrogen) atoms. The highest BCUT2D eigenvalue weighted by atomic mass is 16.4. The number of benzene rings is 1. The Morgan fingerprint density at radius 2 is 1.89 bits per heavy atom. The van der Waals surface area contributed by atoms with E-state index in [0.717, 1.165) is 16.9 Å². The Morgan fingerprint density at radius 1 is 1.18 bits per heavy atom. The number of carbonyl (C=O) groups is 2. The summed E-state index contributed by atoms with van der Waals surface area (Å²) < 4.78 is 0. The maximum atomic E-state index is 12.5. The van der Waals surface area contributed by atoms with E-state index in [1.54, 1.807) is 6.92 Å². The number of fused-ring (bicyclic) bond motifs is 1. The standard InChI is InChI=1S/C21H30N4O3/c1-12-11-23(8-9-24(12)21(27)28)16-6-7-18-17(10-16)19(22)13(2)20(15-4-5-15)25(18)14(3)26/h6-7,10,12-13,15,19-20H,4-5,8-9,11,22H2,1-3H3,(H,27,28)/t12?,13-,19-,20-/m1/s1. The van der Waals surface area contributed by atoms with E-state index < -0.39 is 6.09 Å². The van der Waals surface area contributed by atoms with Crippen molar-refractivity contribution in [2.45, 2.75) is 51.7 Å². The molecule has 2 aliphatic heterocycles. The van der Waals surface area contributed by atoms with Crippen molar-refractivity contribution in [2.24, 2.45) is 17.6 Å². The summed E-state index contributed by atoms with van der Waals surface area (Å²) in [4.78, 5) is 29.5. The van der Waals surface area contributed by atoms with Crippen molar-refractivity contribution in [3.8, 4) is 0 Å². The first-order valence-electron chi connectivity index (χ1n) is 10.2. The molecule has 1 saturated heterocycles. The van der Waals surface area contributed by atoms with Crippen LogP contribution in [0, 0.1) is 11.8 Å². The predicted molar refractivity (Wildman–Crippen MR) is 109 cm³/mol. The zero-order chi connectivity index (χ0) is 20.2. The van der Waals surface area contributed by atoms with Crippen LogP contribution < -0.4 is 15.5 Å². The Morgan fingerprint density at radius 3 is 2.46 bits per heavy atom. The number of nitrogens with two attached hydrogens (primary N) is 1. The molecule has 0 bridgehead atoms. The molecule has 1 saturated carbocycles. The van der Waals surface area contributed by atoms with Crippen molar-refractivity contribution in [2.75, 3.05) is 29.4 Å². The summed E-state index contributed by atoms with van der Waals surface area (Å²) in [6.45, 7) is 7.53. The number of anilines is 2. The van der Waals surface area contributed by atoms with E-state index in [1.165, 1.54) is 17.7 Å². The lowest BCUT2D eigenvalue weighted by molar-refractivity contribution is -0.117. The fourth-order valence-electron chi connectivity index (χ4n) is 5.05. The summed E-state index contributed by atoms with van der Waals surface area (Å²) in [5.74, 6) is 0.845. The molecular formula is C21H30N4O3. The summed E-state index contributed by atoms with van der Waals surface area (Å²) in [5.41, 5.74) is 9.66. The number of hydrogen-bond donors (Lipinski definition) is 2. The molecule has 1 aromatic rings. The molecular weight excluding hydrogens is 356 g/mol. The molecule has 2 heterocycles. The number of carbonyl (C=O) groups excluding carboxylic acids is 1. The van der Waals surface area contributed by atoms with Crippen molar-refractivity contribution in [3.63, 3.8) is 0 Å². The molecule has 4 atom stereocenters. The maximum absolute atomic E-state index is 12.5. The van der Waals surface area contributed by atoms with E-state index in [4.69, 9.17) is 5.73 Å². The molecule has 3 N–H and O–H groups in total. The Kier molecular flexibility index (Phi) is 4.73. The Bertz CT molecular complexity index is 794. The smallest absolute Gasteiger partial charge is 0.407 e. The van der Waals surface area contributed by atoms with Gasteiger partial charge in [0.05, 0.1) is 0 Å². The summed E-state index contributed by atoms with van der Waals surface area (Å²) >= 11 is 0. The summed E-state index contributed by atoms with van der Waals surface area (Å²) in [7, 11) is 0. The molecule has 0 aromatic heterocycles. The number of carboxylic acid groups (broad SMARTS) is 1. The van der Waals surface area contributed by atoms with E-state index in [2.05, 4.69) is 17.9 Å². The van der Waals surface area contributed by atoms with Crippen LogP contribution in [0.4, 0.5) is 16.2 Å². The molecule has 1 aromatic carbocycles. The maximum Gasteiger partial charge on any atom is 0.407 e. The molecule has 1 aliphatic carbocycles. The minimum Gasteiger partial charge on any atom is -0.465 e. The molecule has 152 valence electrons. The van der Waals surface area contributed by atoms with Gasteiger partial charge >= 0.3 is 6.09 Å². The molecule has 0 radical (unpaired) electrons. The van der Waals surface area contributed by atoms with E-state index in [1.807, 2.05) is 24.0 Å². The van der Waals surface area contributed by atoms with Crippen LogP contribution in [0.2, 0.25) is 0 Å². The Labute approximate surface area is 166 Å². The quantitative estimate of drug-likeness (QED) is 0.816. The minimum absolute atomic E-state index is 0.0668. The van der Waals surface area contributed by atoms with Crippen LogP contribution in [-0.4, -0.2) is 53.7 Å². The number of amides is 2. The van der Waals surface area contributed by atoms with Gasteiger partial charge in [0, 0.05) is 56.1 Å². The van der Waals surface area contributed by atoms with Gasteiger partial charge in [-0.05, 0) is 55.4 Å². The van der Waals surface area contributed by atoms with Gasteiger partial charge in [-0.15, -0.1) is 0 Å². The van der Waals surface area contributed by atoms with E-state index in [-0.39, 0.29) is 30.0 Å². The van der Waals surface area contributed by atoms with Crippen LogP contribution in [0.1, 0.15) is 45.2 Å². The van der Waals surface area contributed by atoms with E-state index >= 15 is 0 Å². The first kappa shape index (κ1) is 19.1. The van der Waals surface area contributed by atoms with Gasteiger partial charge in [0.25, 0.3) is 0 Å². The molecule has 3 aliphatic rings. The largest absolute Gasteiger partial charge is 0.465 e. The third-order valence-electron chi connectivity index (χ3n) is 6.72. The lowest BCUT2D eigenvalue weighted by atomic mass is 9.80. The molecule has 4 rings (SSSR count). The minimum atomic E-state index is -0.864. The SMILES string of the molecule is CC(=O)N1c2ccc(N3CCN(C(=O)O)C(C)C3)cc2[C@H](N)[C@@H](C)[C@@H]1C1CC1. The molecule has 1 unspecified atom stereocenters. The second kappa shape index (κ2) is 6.95. The van der Waals surface area contributed by atoms with Crippen LogP contribution in [0.25, 0.3) is 0 Å². The topological polar surface area (TPSA) is 90.1 Å². The lowest BCUT2D eigenvalue weighted by Gasteiger charge is -2.45. The van der Waals surface area contributed by atoms with Gasteiger partial charge in [0.1, 0.15) is 0 Å². The number of nitrogens with zero attached hydrogens (tertiary/aromatic N) is 3. The van der Waals surface area contributed by atoms with Crippen LogP contribution in [-0.2, 0) is 4.79 Å². The third-order valence-corrected chi connectivity index (χ3v) is 6.72. The highest BCUT2D eigenvalue weighted by molar-refractivity contribution is 5.94. The second-order valence-corrected chi connectivity index (χ2v) is 8.62. The van der Waals surface area contributed by atoms with E-state index in [9.17, 15) is 14.7 Å². The van der Waals surface area contributed by atoms with Crippen LogP contribution in [0.15, 0.2) is 18.2 Å². The fourth-order valence-corrected chi connectivity index (χ4v) is 5.05. The first-order chi connectivity index (χ1) is 13.3. The Balaban J connectivity index is 1.65. The van der Waals surface area contributed by atoms with Crippen LogP contribution in [0.5, 0.6) is 0 Å². The average Bonchev–Trinajstić information content (AvgIpc) is 3.48. The summed E-state index contributed by atoms with van der Waals surface area (Å²) in [6.07, 6.45) is 1.48. The van der Waals surface area contributed by atoms with Gasteiger partial charge in [0.15, 0.2) is 0 Å². The van der Waals surface area contributed by atoms with Crippen molar-refractivity contribution >= 4 is 23.4 Å². The van der Waals surface area contributed by atoms with Gasteiger partial charge in [-0.1, -0.05) is 6.92 Å². The molecule has 7 heteroatoms. The monoisotopic (exact) mass is 386 g/mol. The number of rotatable bonds is 2. The fraction of sp³-hybridized carbons (Fsp3) is 0.619. The summed E-state index contributed by atoms with van der Waals surface area (Å²) in [5, 5.41) is 9.30. The highest BCUT2D eigenvalue weighted by Crippen LogP contribution is 2.49. The number of hydrogen-bond acceptors (Lipinski definition) is 4. The van der Waals surface area contributed by atoms with Gasteiger partial charge in [0.2, 0.25) is 5.91 Å². The van der Waals surface area contributed by atoms with Gasteiger partial charge in [-0.2, -0.15) is 0 Å². The summed E-state index contributed by atoms with van der Waals surface area (Å²) in [6, 6.07) is 6.20. The Hall–Kier alpha value is -2.28. The van der Waals surface area contributed by atoms with Crippen molar-refractivity contribution in [3.05, 3.63) is 23.8 Å². The molecule has 0 spiro atoms. The second-order valence-electron chi connectivity index (χ2n) is 8.62. The zero-order valence-electron chi connectivity index (χ0n) is 16.8. The average molecular weight is 386 g/mol. The highest BCUT2D eigenvalue weighted by Gasteiger charge is 2.46. The zero-order valence-corrected chi connectivity index (χ0v) is 16.8. The van der Waals surface area contributed by atoms with Crippen molar-refractivity contribution in [1.29, 1.82) is 0 Å². The third kappa shape index (κ3) is 3.11. The van der Waals surface area contributed by atoms with Crippen molar-refractivity contribution in [1.82, 2.24) is 4.90 Å². The van der Waals surface area contributed by atoms with Crippen LogP contribution in [0.3, 0.4) is 0 Å². The van der Waals surface area contributed by atoms with Gasteiger partial charge in [-0.3, -0.25) is 4.79 Å². The molecule has 2 fully saturated rings. The van der Waals surface area contributed by atoms with Crippen LogP contribution >= 0.6 is 0 Å². The normalized spacial score (nSPS) is 30.2. The molecule has 2 amide bonds. The number of piperazine rings is 1.